The van der Waals surface area contributed by atoms with Gasteiger partial charge in [-0.05, 0) is 99.7 Å². The Labute approximate surface area is 441 Å². The zero-order valence-corrected chi connectivity index (χ0v) is 45.5. The number of nitrogens with zero attached hydrogens (tertiary/aromatic N) is 4. The van der Waals surface area contributed by atoms with Crippen LogP contribution in [0.1, 0.15) is 135 Å². The Morgan fingerprint density at radius 1 is 0.892 bits per heavy atom. The van der Waals surface area contributed by atoms with Crippen LogP contribution in [0.4, 0.5) is 18.2 Å². The summed E-state index contributed by atoms with van der Waals surface area (Å²) in [4.78, 5) is 70.8. The summed E-state index contributed by atoms with van der Waals surface area (Å²) in [7, 11) is 1.73. The molecule has 2 aromatic heterocycles. The van der Waals surface area contributed by atoms with Crippen molar-refractivity contribution in [3.63, 3.8) is 0 Å². The Morgan fingerprint density at radius 3 is 2.26 bits per heavy atom. The second kappa shape index (κ2) is 27.6. The number of hydrogen-bond acceptors (Lipinski definition) is 12. The van der Waals surface area contributed by atoms with Crippen LogP contribution in [0.25, 0.3) is 5.69 Å². The van der Waals surface area contributed by atoms with Gasteiger partial charge in [0.05, 0.1) is 79.7 Å². The molecule has 1 aliphatic carbocycles. The van der Waals surface area contributed by atoms with Crippen LogP contribution in [0.3, 0.4) is 0 Å². The molecular weight excluding hydrogens is 1000 g/mol. The number of anilines is 1. The van der Waals surface area contributed by atoms with E-state index in [-0.39, 0.29) is 73.0 Å². The van der Waals surface area contributed by atoms with E-state index in [4.69, 9.17) is 30.5 Å². The summed E-state index contributed by atoms with van der Waals surface area (Å²) in [6.45, 7) is 17.7. The molecule has 0 radical (unpaired) electrons. The van der Waals surface area contributed by atoms with Crippen molar-refractivity contribution < 1.29 is 56.1 Å². The number of aromatic nitrogens is 2. The molecular formula is C54H72ClF3N6O9S. The molecule has 0 saturated heterocycles. The van der Waals surface area contributed by atoms with E-state index in [2.05, 4.69) is 48.3 Å². The number of esters is 1. The number of ketones is 1. The number of carbonyl (C=O) groups excluding carboxylic acids is 5. The Hall–Kier alpha value is -5.18. The second-order valence-corrected chi connectivity index (χ2v) is 21.7. The van der Waals surface area contributed by atoms with E-state index in [0.717, 1.165) is 47.4 Å². The van der Waals surface area contributed by atoms with Gasteiger partial charge >= 0.3 is 12.1 Å². The van der Waals surface area contributed by atoms with Crippen molar-refractivity contribution in [2.75, 3.05) is 71.6 Å². The van der Waals surface area contributed by atoms with Crippen LogP contribution in [-0.4, -0.2) is 127 Å². The number of likely N-dealkylation sites (N-methyl/N-ethyl adjacent to an activating group) is 1. The Balaban J connectivity index is 1.11. The molecule has 0 bridgehead atoms. The predicted octanol–water partition coefficient (Wildman–Crippen LogP) is 9.73. The van der Waals surface area contributed by atoms with E-state index in [1.54, 1.807) is 18.0 Å². The fraction of sp³-hybridized carbons (Fsp3) is 0.556. The summed E-state index contributed by atoms with van der Waals surface area (Å²) < 4.78 is 63.9. The van der Waals surface area contributed by atoms with Gasteiger partial charge in [0.1, 0.15) is 10.6 Å². The maximum Gasteiger partial charge on any atom is 0.417 e. The molecule has 0 unspecified atom stereocenters. The first kappa shape index (κ1) is 59.7. The lowest BCUT2D eigenvalue weighted by atomic mass is 9.76. The van der Waals surface area contributed by atoms with Crippen LogP contribution in [0.15, 0.2) is 54.9 Å². The first-order valence-electron chi connectivity index (χ1n) is 25.2. The van der Waals surface area contributed by atoms with Gasteiger partial charge in [0, 0.05) is 68.7 Å². The lowest BCUT2D eigenvalue weighted by molar-refractivity contribution is -0.156. The standard InChI is InChI=1S/C54H72ClF3N6O9S/c1-9-39(10-2)63(23-22-62(8)46(66)17-16-45(65)59-21-25-71-27-29-72-28-26-70-24-19-47(67)73-52(3,4)5)34-36-12-11-13-37(30-36)50(69)61-51-48(41-18-20-53(6,7)32-44(41)74-51)49(68)38-33-60-64(35-38)40-14-15-43(55)42(31-40)54(56,57)58/h11-15,30-31,33,35,39H,9-10,16-29,32,34H2,1-8H3,(H,59,65)(H,61,69). The molecule has 0 aliphatic heterocycles. The molecule has 20 heteroatoms. The number of ether oxygens (including phenoxy) is 4. The number of fused-ring (bicyclic) bond motifs is 1. The van der Waals surface area contributed by atoms with Crippen molar-refractivity contribution in [3.8, 4) is 5.69 Å². The zero-order chi connectivity index (χ0) is 54.2. The second-order valence-electron chi connectivity index (χ2n) is 20.1. The lowest BCUT2D eigenvalue weighted by Crippen LogP contribution is -2.41. The zero-order valence-electron chi connectivity index (χ0n) is 43.9. The van der Waals surface area contributed by atoms with Gasteiger partial charge in [-0.25, -0.2) is 4.68 Å². The van der Waals surface area contributed by atoms with Crippen LogP contribution in [0.5, 0.6) is 0 Å². The molecule has 0 saturated carbocycles. The highest BCUT2D eigenvalue weighted by Crippen LogP contribution is 2.45. The normalized spacial score (nSPS) is 13.5. The number of thiophene rings is 1. The molecule has 2 aromatic carbocycles. The quantitative estimate of drug-likeness (QED) is 0.0315. The van der Waals surface area contributed by atoms with Gasteiger partial charge in [-0.15, -0.1) is 11.3 Å². The maximum atomic E-state index is 14.4. The SMILES string of the molecule is CCC(CC)N(CCN(C)C(=O)CCC(=O)NCCOCCOCCOCCC(=O)OC(C)(C)C)Cc1cccc(C(=O)Nc2sc3c(c2C(=O)c2cnn(-c4ccc(Cl)c(C(F)(F)F)c4)c2)CCC(C)(C)C3)c1. The highest BCUT2D eigenvalue weighted by Gasteiger charge is 2.35. The Morgan fingerprint density at radius 2 is 1.58 bits per heavy atom. The van der Waals surface area contributed by atoms with E-state index in [1.165, 1.54) is 34.5 Å². The van der Waals surface area contributed by atoms with Gasteiger partial charge < -0.3 is 34.5 Å². The average Bonchev–Trinajstić information content (AvgIpc) is 3.96. The smallest absolute Gasteiger partial charge is 0.417 e. The number of alkyl halides is 3. The van der Waals surface area contributed by atoms with Crippen molar-refractivity contribution in [2.45, 2.75) is 124 Å². The molecule has 2 N–H and O–H groups in total. The van der Waals surface area contributed by atoms with Gasteiger partial charge in [-0.2, -0.15) is 18.3 Å². The predicted molar refractivity (Wildman–Crippen MR) is 279 cm³/mol. The highest BCUT2D eigenvalue weighted by molar-refractivity contribution is 7.17. The third-order valence-corrected chi connectivity index (χ3v) is 14.0. The third kappa shape index (κ3) is 18.3. The number of benzene rings is 2. The maximum absolute atomic E-state index is 14.4. The van der Waals surface area contributed by atoms with E-state index >= 15 is 0 Å². The number of rotatable bonds is 28. The van der Waals surface area contributed by atoms with E-state index in [9.17, 15) is 37.1 Å². The van der Waals surface area contributed by atoms with Crippen molar-refractivity contribution in [2.24, 2.45) is 5.41 Å². The number of amides is 3. The molecule has 1 aliphatic rings. The fourth-order valence-electron chi connectivity index (χ4n) is 8.50. The molecule has 5 rings (SSSR count). The minimum Gasteiger partial charge on any atom is -0.460 e. The first-order valence-corrected chi connectivity index (χ1v) is 26.4. The van der Waals surface area contributed by atoms with Crippen LogP contribution < -0.4 is 10.6 Å². The molecule has 0 fully saturated rings. The molecule has 74 heavy (non-hydrogen) atoms. The molecule has 15 nitrogen and oxygen atoms in total. The topological polar surface area (TPSA) is 171 Å². The van der Waals surface area contributed by atoms with Crippen molar-refractivity contribution >= 4 is 57.4 Å². The molecule has 4 aromatic rings. The minimum absolute atomic E-state index is 0.0234. The van der Waals surface area contributed by atoms with Gasteiger partial charge in [-0.3, -0.25) is 28.9 Å². The Kier molecular flexibility index (Phi) is 22.2. The average molecular weight is 1070 g/mol. The molecule has 3 amide bonds. The van der Waals surface area contributed by atoms with Crippen molar-refractivity contribution in [1.82, 2.24) is 24.9 Å². The number of nitrogens with one attached hydrogen (secondary N) is 2. The van der Waals surface area contributed by atoms with Gasteiger partial charge in [-0.1, -0.05) is 51.4 Å². The van der Waals surface area contributed by atoms with Gasteiger partial charge in [0.25, 0.3) is 5.91 Å². The monoisotopic (exact) mass is 1070 g/mol. The highest BCUT2D eigenvalue weighted by atomic mass is 35.5. The lowest BCUT2D eigenvalue weighted by Gasteiger charge is -2.32. The summed E-state index contributed by atoms with van der Waals surface area (Å²) >= 11 is 7.22. The number of hydrogen-bond donors (Lipinski definition) is 2. The van der Waals surface area contributed by atoms with E-state index in [0.29, 0.717) is 81.6 Å². The largest absolute Gasteiger partial charge is 0.460 e. The summed E-state index contributed by atoms with van der Waals surface area (Å²) in [6.07, 6.45) is 2.15. The minimum atomic E-state index is -4.69. The first-order chi connectivity index (χ1) is 35.0. The van der Waals surface area contributed by atoms with Gasteiger partial charge in [0.2, 0.25) is 11.8 Å². The van der Waals surface area contributed by atoms with Crippen LogP contribution >= 0.6 is 22.9 Å². The van der Waals surface area contributed by atoms with Crippen LogP contribution in [0, 0.1) is 5.41 Å². The molecule has 2 heterocycles. The summed E-state index contributed by atoms with van der Waals surface area (Å²) in [5, 5.41) is 10.0. The Bertz CT molecular complexity index is 2540. The van der Waals surface area contributed by atoms with E-state index in [1.807, 2.05) is 39.0 Å². The van der Waals surface area contributed by atoms with Crippen LogP contribution in [-0.2, 0) is 58.9 Å². The van der Waals surface area contributed by atoms with Crippen molar-refractivity contribution in [3.05, 3.63) is 98.1 Å². The van der Waals surface area contributed by atoms with Crippen molar-refractivity contribution in [1.29, 1.82) is 0 Å². The molecule has 0 atom stereocenters. The third-order valence-electron chi connectivity index (χ3n) is 12.5. The fourth-order valence-corrected chi connectivity index (χ4v) is 10.2. The van der Waals surface area contributed by atoms with Crippen LogP contribution in [0.2, 0.25) is 5.02 Å². The summed E-state index contributed by atoms with van der Waals surface area (Å²) in [5.41, 5.74) is 1.16. The number of halogens is 4. The summed E-state index contributed by atoms with van der Waals surface area (Å²) in [6, 6.07) is 10.9. The molecule has 0 spiro atoms. The number of carbonyl (C=O) groups is 5. The van der Waals surface area contributed by atoms with E-state index < -0.39 is 34.1 Å². The molecule has 406 valence electrons. The van der Waals surface area contributed by atoms with Gasteiger partial charge in [0.15, 0.2) is 5.78 Å². The summed E-state index contributed by atoms with van der Waals surface area (Å²) in [5.74, 6) is -1.51.